The first-order valence-electron chi connectivity index (χ1n) is 4.94. The quantitative estimate of drug-likeness (QED) is 0.872. The van der Waals surface area contributed by atoms with Crippen LogP contribution in [0.15, 0.2) is 24.3 Å². The molecule has 0 radical (unpaired) electrons. The molecule has 92 valence electrons. The highest BCUT2D eigenvalue weighted by Crippen LogP contribution is 2.11. The SMILES string of the molecule is CN(Cc1nc2ccccc2[nH]1)C(=O)CCl.Cl. The minimum atomic E-state index is -0.109. The van der Waals surface area contributed by atoms with Gasteiger partial charge in [0.05, 0.1) is 17.6 Å². The first-order chi connectivity index (χ1) is 7.70. The Balaban J connectivity index is 0.00000144. The number of benzene rings is 1. The number of nitrogens with zero attached hydrogens (tertiary/aromatic N) is 2. The number of rotatable bonds is 3. The molecule has 1 aromatic carbocycles. The molecule has 0 aliphatic carbocycles. The van der Waals surface area contributed by atoms with Gasteiger partial charge in [-0.1, -0.05) is 12.1 Å². The van der Waals surface area contributed by atoms with Crippen LogP contribution < -0.4 is 0 Å². The number of hydrogen-bond acceptors (Lipinski definition) is 2. The van der Waals surface area contributed by atoms with Gasteiger partial charge in [-0.2, -0.15) is 0 Å². The Bertz CT molecular complexity index is 479. The minimum absolute atomic E-state index is 0. The third kappa shape index (κ3) is 3.11. The predicted octanol–water partition coefficient (Wildman–Crippen LogP) is 2.18. The van der Waals surface area contributed by atoms with Crippen LogP contribution in [-0.4, -0.2) is 33.7 Å². The fraction of sp³-hybridized carbons (Fsp3) is 0.273. The fourth-order valence-electron chi connectivity index (χ4n) is 1.50. The predicted molar refractivity (Wildman–Crippen MR) is 70.5 cm³/mol. The molecular formula is C11H13Cl2N3O. The molecule has 1 amide bonds. The van der Waals surface area contributed by atoms with Gasteiger partial charge in [0.2, 0.25) is 5.91 Å². The molecule has 0 unspecified atom stereocenters. The molecule has 0 aliphatic heterocycles. The molecule has 2 rings (SSSR count). The zero-order valence-electron chi connectivity index (χ0n) is 9.31. The summed E-state index contributed by atoms with van der Waals surface area (Å²) in [5, 5.41) is 0. The molecule has 0 fully saturated rings. The highest BCUT2D eigenvalue weighted by Gasteiger charge is 2.09. The number of carbonyl (C=O) groups excluding carboxylic acids is 1. The number of aromatic amines is 1. The van der Waals surface area contributed by atoms with Crippen molar-refractivity contribution in [1.29, 1.82) is 0 Å². The average molecular weight is 274 g/mol. The van der Waals surface area contributed by atoms with Crippen LogP contribution in [0.25, 0.3) is 11.0 Å². The average Bonchev–Trinajstić information content (AvgIpc) is 2.69. The number of imidazole rings is 1. The number of carbonyl (C=O) groups is 1. The van der Waals surface area contributed by atoms with Crippen molar-refractivity contribution < 1.29 is 4.79 Å². The molecule has 0 atom stereocenters. The number of fused-ring (bicyclic) bond motifs is 1. The third-order valence-corrected chi connectivity index (χ3v) is 2.59. The number of alkyl halides is 1. The summed E-state index contributed by atoms with van der Waals surface area (Å²) in [5.41, 5.74) is 1.88. The van der Waals surface area contributed by atoms with E-state index in [1.165, 1.54) is 0 Å². The van der Waals surface area contributed by atoms with Crippen LogP contribution in [0.1, 0.15) is 5.82 Å². The van der Waals surface area contributed by atoms with Crippen molar-refractivity contribution in [2.75, 3.05) is 12.9 Å². The Hall–Kier alpha value is -1.26. The monoisotopic (exact) mass is 273 g/mol. The summed E-state index contributed by atoms with van der Waals surface area (Å²) < 4.78 is 0. The Morgan fingerprint density at radius 1 is 1.47 bits per heavy atom. The molecule has 1 aromatic heterocycles. The summed E-state index contributed by atoms with van der Waals surface area (Å²) in [6.07, 6.45) is 0. The number of H-pyrrole nitrogens is 1. The molecule has 2 aromatic rings. The largest absolute Gasteiger partial charge is 0.340 e. The van der Waals surface area contributed by atoms with Crippen LogP contribution in [-0.2, 0) is 11.3 Å². The molecule has 6 heteroatoms. The van der Waals surface area contributed by atoms with E-state index in [4.69, 9.17) is 11.6 Å². The second-order valence-corrected chi connectivity index (χ2v) is 3.85. The number of nitrogens with one attached hydrogen (secondary N) is 1. The lowest BCUT2D eigenvalue weighted by Crippen LogP contribution is -2.27. The van der Waals surface area contributed by atoms with E-state index in [0.29, 0.717) is 6.54 Å². The first kappa shape index (κ1) is 13.8. The fourth-order valence-corrected chi connectivity index (χ4v) is 1.70. The van der Waals surface area contributed by atoms with E-state index in [2.05, 4.69) is 9.97 Å². The van der Waals surface area contributed by atoms with Crippen LogP contribution >= 0.6 is 24.0 Å². The number of para-hydroxylation sites is 2. The number of amides is 1. The summed E-state index contributed by atoms with van der Waals surface area (Å²) in [6.45, 7) is 0.445. The van der Waals surface area contributed by atoms with Crippen molar-refractivity contribution in [3.63, 3.8) is 0 Å². The molecule has 0 aliphatic rings. The van der Waals surface area contributed by atoms with Crippen molar-refractivity contribution in [3.05, 3.63) is 30.1 Å². The Morgan fingerprint density at radius 3 is 2.82 bits per heavy atom. The number of hydrogen-bond donors (Lipinski definition) is 1. The Labute approximate surface area is 110 Å². The lowest BCUT2D eigenvalue weighted by atomic mass is 10.3. The van der Waals surface area contributed by atoms with E-state index in [-0.39, 0.29) is 24.2 Å². The maximum Gasteiger partial charge on any atom is 0.237 e. The molecule has 0 bridgehead atoms. The molecule has 0 saturated carbocycles. The topological polar surface area (TPSA) is 49.0 Å². The molecule has 1 heterocycles. The van der Waals surface area contributed by atoms with E-state index >= 15 is 0 Å². The highest BCUT2D eigenvalue weighted by atomic mass is 35.5. The van der Waals surface area contributed by atoms with Crippen LogP contribution in [0.3, 0.4) is 0 Å². The molecule has 1 N–H and O–H groups in total. The Morgan fingerprint density at radius 2 is 2.18 bits per heavy atom. The first-order valence-corrected chi connectivity index (χ1v) is 5.47. The summed E-state index contributed by atoms with van der Waals surface area (Å²) >= 11 is 5.47. The summed E-state index contributed by atoms with van der Waals surface area (Å²) in [6, 6.07) is 7.76. The van der Waals surface area contributed by atoms with Gasteiger partial charge in [-0.15, -0.1) is 24.0 Å². The van der Waals surface area contributed by atoms with Gasteiger partial charge in [-0.3, -0.25) is 4.79 Å². The van der Waals surface area contributed by atoms with Gasteiger partial charge < -0.3 is 9.88 Å². The van der Waals surface area contributed by atoms with Crippen LogP contribution in [0, 0.1) is 0 Å². The molecule has 0 saturated heterocycles. The Kier molecular flexibility index (Phi) is 4.78. The molecule has 0 spiro atoms. The smallest absolute Gasteiger partial charge is 0.237 e. The van der Waals surface area contributed by atoms with Crippen molar-refractivity contribution in [3.8, 4) is 0 Å². The maximum absolute atomic E-state index is 11.3. The van der Waals surface area contributed by atoms with E-state index < -0.39 is 0 Å². The van der Waals surface area contributed by atoms with E-state index in [1.807, 2.05) is 24.3 Å². The second-order valence-electron chi connectivity index (χ2n) is 3.58. The van der Waals surface area contributed by atoms with Crippen LogP contribution in [0.2, 0.25) is 0 Å². The standard InChI is InChI=1S/C11H12ClN3O.ClH/c1-15(11(16)6-12)7-10-13-8-4-2-3-5-9(8)14-10;/h2-5H,6-7H2,1H3,(H,13,14);1H. The van der Waals surface area contributed by atoms with Crippen molar-refractivity contribution in [1.82, 2.24) is 14.9 Å². The molecule has 4 nitrogen and oxygen atoms in total. The van der Waals surface area contributed by atoms with Gasteiger partial charge >= 0.3 is 0 Å². The molecular weight excluding hydrogens is 261 g/mol. The summed E-state index contributed by atoms with van der Waals surface area (Å²) in [5.74, 6) is 0.654. The van der Waals surface area contributed by atoms with E-state index in [0.717, 1.165) is 16.9 Å². The van der Waals surface area contributed by atoms with Gasteiger partial charge in [0.1, 0.15) is 11.7 Å². The number of halogens is 2. The van der Waals surface area contributed by atoms with Crippen LogP contribution in [0.4, 0.5) is 0 Å². The van der Waals surface area contributed by atoms with Crippen molar-refractivity contribution in [2.45, 2.75) is 6.54 Å². The van der Waals surface area contributed by atoms with Crippen molar-refractivity contribution in [2.24, 2.45) is 0 Å². The van der Waals surface area contributed by atoms with Crippen LogP contribution in [0.5, 0.6) is 0 Å². The lowest BCUT2D eigenvalue weighted by Gasteiger charge is -2.13. The normalized spacial score (nSPS) is 10.0. The van der Waals surface area contributed by atoms with E-state index in [1.54, 1.807) is 11.9 Å². The summed E-state index contributed by atoms with van der Waals surface area (Å²) in [4.78, 5) is 20.4. The molecule has 17 heavy (non-hydrogen) atoms. The third-order valence-electron chi connectivity index (χ3n) is 2.37. The van der Waals surface area contributed by atoms with Gasteiger partial charge in [0.25, 0.3) is 0 Å². The minimum Gasteiger partial charge on any atom is -0.340 e. The van der Waals surface area contributed by atoms with E-state index in [9.17, 15) is 4.79 Å². The van der Waals surface area contributed by atoms with Crippen molar-refractivity contribution >= 4 is 40.9 Å². The zero-order chi connectivity index (χ0) is 11.5. The summed E-state index contributed by atoms with van der Waals surface area (Å²) in [7, 11) is 1.71. The van der Waals surface area contributed by atoms with Gasteiger partial charge in [0.15, 0.2) is 0 Å². The highest BCUT2D eigenvalue weighted by molar-refractivity contribution is 6.27. The van der Waals surface area contributed by atoms with Gasteiger partial charge in [-0.05, 0) is 12.1 Å². The number of aromatic nitrogens is 2. The lowest BCUT2D eigenvalue weighted by molar-refractivity contribution is -0.127. The zero-order valence-corrected chi connectivity index (χ0v) is 10.9. The maximum atomic E-state index is 11.3. The van der Waals surface area contributed by atoms with Gasteiger partial charge in [-0.25, -0.2) is 4.98 Å². The van der Waals surface area contributed by atoms with Gasteiger partial charge in [0, 0.05) is 7.05 Å². The second kappa shape index (κ2) is 5.89.